The Hall–Kier alpha value is -1.75. The van der Waals surface area contributed by atoms with Crippen molar-refractivity contribution in [2.75, 3.05) is 6.54 Å². The third-order valence-electron chi connectivity index (χ3n) is 4.41. The van der Waals surface area contributed by atoms with Gasteiger partial charge in [0.05, 0.1) is 6.54 Å². The van der Waals surface area contributed by atoms with E-state index in [9.17, 15) is 4.39 Å². The Labute approximate surface area is 130 Å². The molecule has 1 aromatic heterocycles. The van der Waals surface area contributed by atoms with Crippen LogP contribution < -0.4 is 0 Å². The van der Waals surface area contributed by atoms with E-state index >= 15 is 0 Å². The molecule has 1 aromatic carbocycles. The standard InChI is InChI=1S/C17H22FN3O/c1-2-21(15-6-4-3-5-7-15)12-16-19-17(20-22-16)13-8-10-14(18)11-9-13/h8-11,15H,2-7,12H2,1H3. The molecule has 1 fully saturated rings. The number of halogens is 1. The lowest BCUT2D eigenvalue weighted by atomic mass is 9.94. The van der Waals surface area contributed by atoms with Crippen molar-refractivity contribution in [3.05, 3.63) is 36.0 Å². The quantitative estimate of drug-likeness (QED) is 0.836. The van der Waals surface area contributed by atoms with Crippen LogP contribution in [0.2, 0.25) is 0 Å². The molecule has 0 atom stereocenters. The van der Waals surface area contributed by atoms with Gasteiger partial charge < -0.3 is 4.52 Å². The Morgan fingerprint density at radius 2 is 1.91 bits per heavy atom. The van der Waals surface area contributed by atoms with Crippen molar-refractivity contribution >= 4 is 0 Å². The second kappa shape index (κ2) is 7.01. The zero-order valence-corrected chi connectivity index (χ0v) is 13.0. The third kappa shape index (κ3) is 3.53. The van der Waals surface area contributed by atoms with Gasteiger partial charge in [-0.2, -0.15) is 4.98 Å². The molecule has 118 valence electrons. The van der Waals surface area contributed by atoms with Crippen LogP contribution in [0.25, 0.3) is 11.4 Å². The Kier molecular flexibility index (Phi) is 4.83. The van der Waals surface area contributed by atoms with Gasteiger partial charge in [-0.1, -0.05) is 31.3 Å². The maximum atomic E-state index is 13.0. The van der Waals surface area contributed by atoms with Gasteiger partial charge in [0.1, 0.15) is 5.82 Å². The predicted octanol–water partition coefficient (Wildman–Crippen LogP) is 4.03. The van der Waals surface area contributed by atoms with Gasteiger partial charge in [-0.3, -0.25) is 4.90 Å². The number of hydrogen-bond donors (Lipinski definition) is 0. The largest absolute Gasteiger partial charge is 0.338 e. The van der Waals surface area contributed by atoms with E-state index in [0.29, 0.717) is 24.3 Å². The van der Waals surface area contributed by atoms with Crippen LogP contribution in [0.3, 0.4) is 0 Å². The number of nitrogens with zero attached hydrogens (tertiary/aromatic N) is 3. The predicted molar refractivity (Wildman–Crippen MR) is 82.6 cm³/mol. The molecule has 0 radical (unpaired) electrons. The Morgan fingerprint density at radius 3 is 2.59 bits per heavy atom. The molecule has 0 spiro atoms. The zero-order valence-electron chi connectivity index (χ0n) is 13.0. The van der Waals surface area contributed by atoms with Gasteiger partial charge in [-0.05, 0) is 43.7 Å². The number of benzene rings is 1. The third-order valence-corrected chi connectivity index (χ3v) is 4.41. The van der Waals surface area contributed by atoms with E-state index in [1.807, 2.05) is 0 Å². The molecule has 3 rings (SSSR count). The summed E-state index contributed by atoms with van der Waals surface area (Å²) in [7, 11) is 0. The highest BCUT2D eigenvalue weighted by molar-refractivity contribution is 5.53. The topological polar surface area (TPSA) is 42.2 Å². The van der Waals surface area contributed by atoms with Crippen molar-refractivity contribution in [2.45, 2.75) is 51.6 Å². The Morgan fingerprint density at radius 1 is 1.18 bits per heavy atom. The van der Waals surface area contributed by atoms with Crippen LogP contribution >= 0.6 is 0 Å². The molecule has 1 heterocycles. The highest BCUT2D eigenvalue weighted by atomic mass is 19.1. The SMILES string of the molecule is CCN(Cc1nc(-c2ccc(F)cc2)no1)C1CCCCC1. The summed E-state index contributed by atoms with van der Waals surface area (Å²) in [5.74, 6) is 0.892. The van der Waals surface area contributed by atoms with E-state index in [1.165, 1.54) is 44.2 Å². The average Bonchev–Trinajstić information content (AvgIpc) is 3.03. The second-order valence-electron chi connectivity index (χ2n) is 5.87. The summed E-state index contributed by atoms with van der Waals surface area (Å²) < 4.78 is 18.3. The number of hydrogen-bond acceptors (Lipinski definition) is 4. The van der Waals surface area contributed by atoms with Gasteiger partial charge in [-0.25, -0.2) is 4.39 Å². The van der Waals surface area contributed by atoms with Crippen molar-refractivity contribution in [2.24, 2.45) is 0 Å². The van der Waals surface area contributed by atoms with Crippen LogP contribution in [0.1, 0.15) is 44.9 Å². The van der Waals surface area contributed by atoms with Crippen molar-refractivity contribution in [1.29, 1.82) is 0 Å². The first-order chi connectivity index (χ1) is 10.8. The molecule has 0 unspecified atom stereocenters. The van der Waals surface area contributed by atoms with E-state index in [4.69, 9.17) is 4.52 Å². The summed E-state index contributed by atoms with van der Waals surface area (Å²) in [6.07, 6.45) is 6.49. The highest BCUT2D eigenvalue weighted by Gasteiger charge is 2.22. The molecule has 0 aliphatic heterocycles. The molecule has 0 saturated heterocycles. The molecule has 1 saturated carbocycles. The van der Waals surface area contributed by atoms with Gasteiger partial charge in [-0.15, -0.1) is 0 Å². The first-order valence-corrected chi connectivity index (χ1v) is 8.09. The molecule has 1 aliphatic carbocycles. The molecule has 0 amide bonds. The fourth-order valence-corrected chi connectivity index (χ4v) is 3.15. The highest BCUT2D eigenvalue weighted by Crippen LogP contribution is 2.24. The van der Waals surface area contributed by atoms with Crippen LogP contribution in [0.4, 0.5) is 4.39 Å². The second-order valence-corrected chi connectivity index (χ2v) is 5.87. The average molecular weight is 303 g/mol. The van der Waals surface area contributed by atoms with Crippen LogP contribution in [0.5, 0.6) is 0 Å². The Bertz CT molecular complexity index is 590. The lowest BCUT2D eigenvalue weighted by molar-refractivity contribution is 0.139. The number of aromatic nitrogens is 2. The number of rotatable bonds is 5. The van der Waals surface area contributed by atoms with Gasteiger partial charge >= 0.3 is 0 Å². The summed E-state index contributed by atoms with van der Waals surface area (Å²) in [6.45, 7) is 3.85. The van der Waals surface area contributed by atoms with Crippen molar-refractivity contribution in [1.82, 2.24) is 15.0 Å². The maximum absolute atomic E-state index is 13.0. The fourth-order valence-electron chi connectivity index (χ4n) is 3.15. The summed E-state index contributed by atoms with van der Waals surface area (Å²) in [4.78, 5) is 6.87. The molecule has 22 heavy (non-hydrogen) atoms. The van der Waals surface area contributed by atoms with Gasteiger partial charge in [0, 0.05) is 11.6 Å². The lowest BCUT2D eigenvalue weighted by Gasteiger charge is -2.32. The maximum Gasteiger partial charge on any atom is 0.241 e. The minimum atomic E-state index is -0.262. The van der Waals surface area contributed by atoms with Crippen LogP contribution in [0.15, 0.2) is 28.8 Å². The van der Waals surface area contributed by atoms with Crippen LogP contribution in [-0.4, -0.2) is 27.6 Å². The van der Waals surface area contributed by atoms with Crippen molar-refractivity contribution in [3.63, 3.8) is 0 Å². The van der Waals surface area contributed by atoms with E-state index in [2.05, 4.69) is 22.0 Å². The van der Waals surface area contributed by atoms with Gasteiger partial charge in [0.15, 0.2) is 0 Å². The molecular formula is C17H22FN3O. The summed E-state index contributed by atoms with van der Waals surface area (Å²) in [5.41, 5.74) is 0.775. The zero-order chi connectivity index (χ0) is 15.4. The summed E-state index contributed by atoms with van der Waals surface area (Å²) >= 11 is 0. The molecule has 2 aromatic rings. The minimum absolute atomic E-state index is 0.262. The molecule has 1 aliphatic rings. The van der Waals surface area contributed by atoms with Gasteiger partial charge in [0.2, 0.25) is 11.7 Å². The van der Waals surface area contributed by atoms with Crippen molar-refractivity contribution < 1.29 is 8.91 Å². The summed E-state index contributed by atoms with van der Waals surface area (Å²) in [6, 6.07) is 6.78. The first-order valence-electron chi connectivity index (χ1n) is 8.09. The van der Waals surface area contributed by atoms with E-state index in [-0.39, 0.29) is 5.82 Å². The molecule has 5 heteroatoms. The summed E-state index contributed by atoms with van der Waals surface area (Å²) in [5, 5.41) is 4.01. The van der Waals surface area contributed by atoms with Gasteiger partial charge in [0.25, 0.3) is 0 Å². The smallest absolute Gasteiger partial charge is 0.241 e. The van der Waals surface area contributed by atoms with Crippen molar-refractivity contribution in [3.8, 4) is 11.4 Å². The molecule has 0 N–H and O–H groups in total. The van der Waals surface area contributed by atoms with E-state index in [0.717, 1.165) is 12.1 Å². The van der Waals surface area contributed by atoms with Crippen LogP contribution in [-0.2, 0) is 6.54 Å². The molecule has 0 bridgehead atoms. The van der Waals surface area contributed by atoms with E-state index in [1.54, 1.807) is 12.1 Å². The molecular weight excluding hydrogens is 281 g/mol. The monoisotopic (exact) mass is 303 g/mol. The molecule has 4 nitrogen and oxygen atoms in total. The first kappa shape index (κ1) is 15.2. The normalized spacial score (nSPS) is 16.3. The minimum Gasteiger partial charge on any atom is -0.338 e. The van der Waals surface area contributed by atoms with Crippen LogP contribution in [0, 0.1) is 5.82 Å². The lowest BCUT2D eigenvalue weighted by Crippen LogP contribution is -2.36. The Balaban J connectivity index is 1.68. The fraction of sp³-hybridized carbons (Fsp3) is 0.529. The van der Waals surface area contributed by atoms with E-state index < -0.39 is 0 Å².